The highest BCUT2D eigenvalue weighted by Crippen LogP contribution is 2.15. The summed E-state index contributed by atoms with van der Waals surface area (Å²) in [5.74, 6) is -1.56. The highest BCUT2D eigenvalue weighted by molar-refractivity contribution is 9.10. The van der Waals surface area contributed by atoms with Crippen LogP contribution in [0.5, 0.6) is 0 Å². The van der Waals surface area contributed by atoms with Gasteiger partial charge in [0.05, 0.1) is 6.07 Å². The van der Waals surface area contributed by atoms with Crippen molar-refractivity contribution >= 4 is 27.7 Å². The van der Waals surface area contributed by atoms with Gasteiger partial charge >= 0.3 is 11.8 Å². The van der Waals surface area contributed by atoms with E-state index in [4.69, 9.17) is 5.26 Å². The lowest BCUT2D eigenvalue weighted by Gasteiger charge is -2.06. The molecule has 2 amide bonds. The van der Waals surface area contributed by atoms with Gasteiger partial charge in [-0.1, -0.05) is 34.1 Å². The van der Waals surface area contributed by atoms with Crippen molar-refractivity contribution in [3.05, 3.63) is 34.3 Å². The first kappa shape index (κ1) is 13.2. The Hall–Kier alpha value is -1.87. The van der Waals surface area contributed by atoms with Crippen LogP contribution in [0.3, 0.4) is 0 Å². The van der Waals surface area contributed by atoms with E-state index in [0.717, 1.165) is 10.0 Å². The molecule has 0 aliphatic rings. The van der Waals surface area contributed by atoms with Crippen LogP contribution in [0.15, 0.2) is 28.7 Å². The van der Waals surface area contributed by atoms with E-state index in [1.54, 1.807) is 6.07 Å². The van der Waals surface area contributed by atoms with Crippen molar-refractivity contribution in [2.24, 2.45) is 0 Å². The average Bonchev–Trinajstić information content (AvgIpc) is 2.34. The van der Waals surface area contributed by atoms with Crippen LogP contribution in [0.4, 0.5) is 0 Å². The molecule has 0 spiro atoms. The number of hydrogen-bond acceptors (Lipinski definition) is 3. The number of nitrogens with one attached hydrogen (secondary N) is 2. The fourth-order valence-corrected chi connectivity index (χ4v) is 1.52. The lowest BCUT2D eigenvalue weighted by Crippen LogP contribution is -2.39. The molecule has 17 heavy (non-hydrogen) atoms. The molecule has 88 valence electrons. The largest absolute Gasteiger partial charge is 0.344 e. The number of carbonyl (C=O) groups is 2. The first-order valence-corrected chi connectivity index (χ1v) is 5.61. The summed E-state index contributed by atoms with van der Waals surface area (Å²) < 4.78 is 0.859. The molecule has 0 unspecified atom stereocenters. The second-order valence-electron chi connectivity index (χ2n) is 3.11. The Balaban J connectivity index is 2.46. The van der Waals surface area contributed by atoms with Crippen LogP contribution in [0.2, 0.25) is 0 Å². The minimum Gasteiger partial charge on any atom is -0.344 e. The number of carbonyl (C=O) groups excluding carboxylic acids is 2. The Morgan fingerprint density at radius 3 is 2.53 bits per heavy atom. The van der Waals surface area contributed by atoms with E-state index in [1.807, 2.05) is 24.3 Å². The highest BCUT2D eigenvalue weighted by Gasteiger charge is 2.12. The number of nitrogens with zero attached hydrogens (tertiary/aromatic N) is 1. The first-order valence-electron chi connectivity index (χ1n) is 4.81. The van der Waals surface area contributed by atoms with Gasteiger partial charge in [-0.15, -0.1) is 0 Å². The Bertz CT molecular complexity index is 468. The van der Waals surface area contributed by atoms with Crippen molar-refractivity contribution in [2.45, 2.75) is 6.54 Å². The standard InChI is InChI=1S/C11H10BrN3O2/c12-9-4-2-1-3-8(9)7-15-11(17)10(16)14-6-5-13/h1-4H,6-7H2,(H,14,16)(H,15,17). The van der Waals surface area contributed by atoms with Crippen LogP contribution in [0.25, 0.3) is 0 Å². The molecular weight excluding hydrogens is 286 g/mol. The Kier molecular flexibility index (Phi) is 5.17. The van der Waals surface area contributed by atoms with Crippen LogP contribution >= 0.6 is 15.9 Å². The molecule has 0 bridgehead atoms. The number of nitriles is 1. The van der Waals surface area contributed by atoms with E-state index in [2.05, 4.69) is 26.6 Å². The molecular formula is C11H10BrN3O2. The molecule has 6 heteroatoms. The summed E-state index contributed by atoms with van der Waals surface area (Å²) in [5, 5.41) is 12.9. The fourth-order valence-electron chi connectivity index (χ4n) is 1.10. The van der Waals surface area contributed by atoms with Gasteiger partial charge in [0.25, 0.3) is 0 Å². The Morgan fingerprint density at radius 2 is 1.88 bits per heavy atom. The van der Waals surface area contributed by atoms with E-state index in [1.165, 1.54) is 0 Å². The SMILES string of the molecule is N#CCNC(=O)C(=O)NCc1ccccc1Br. The lowest BCUT2D eigenvalue weighted by molar-refractivity contribution is -0.139. The third kappa shape index (κ3) is 4.25. The number of benzene rings is 1. The molecule has 1 rings (SSSR count). The molecule has 0 saturated carbocycles. The van der Waals surface area contributed by atoms with Gasteiger partial charge < -0.3 is 10.6 Å². The van der Waals surface area contributed by atoms with Gasteiger partial charge in [0, 0.05) is 11.0 Å². The average molecular weight is 296 g/mol. The van der Waals surface area contributed by atoms with Crippen molar-refractivity contribution in [2.75, 3.05) is 6.54 Å². The molecule has 1 aromatic carbocycles. The van der Waals surface area contributed by atoms with Crippen LogP contribution in [0.1, 0.15) is 5.56 Å². The summed E-state index contributed by atoms with van der Waals surface area (Å²) in [6.07, 6.45) is 0. The zero-order chi connectivity index (χ0) is 12.7. The Morgan fingerprint density at radius 1 is 1.24 bits per heavy atom. The zero-order valence-corrected chi connectivity index (χ0v) is 10.5. The van der Waals surface area contributed by atoms with Crippen molar-refractivity contribution in [1.29, 1.82) is 5.26 Å². The van der Waals surface area contributed by atoms with E-state index >= 15 is 0 Å². The molecule has 0 aliphatic carbocycles. The lowest BCUT2D eigenvalue weighted by atomic mass is 10.2. The van der Waals surface area contributed by atoms with Crippen molar-refractivity contribution in [3.8, 4) is 6.07 Å². The minimum atomic E-state index is -0.807. The van der Waals surface area contributed by atoms with Gasteiger partial charge in [-0.3, -0.25) is 9.59 Å². The van der Waals surface area contributed by atoms with Crippen LogP contribution in [-0.2, 0) is 16.1 Å². The quantitative estimate of drug-likeness (QED) is 0.636. The molecule has 0 fully saturated rings. The molecule has 0 radical (unpaired) electrons. The van der Waals surface area contributed by atoms with E-state index < -0.39 is 11.8 Å². The van der Waals surface area contributed by atoms with Gasteiger partial charge in [0.2, 0.25) is 0 Å². The monoisotopic (exact) mass is 295 g/mol. The fraction of sp³-hybridized carbons (Fsp3) is 0.182. The van der Waals surface area contributed by atoms with Gasteiger partial charge in [0.1, 0.15) is 6.54 Å². The number of halogens is 1. The molecule has 0 heterocycles. The smallest absolute Gasteiger partial charge is 0.310 e. The van der Waals surface area contributed by atoms with Crippen LogP contribution in [-0.4, -0.2) is 18.4 Å². The van der Waals surface area contributed by atoms with Crippen molar-refractivity contribution in [3.63, 3.8) is 0 Å². The molecule has 0 aliphatic heterocycles. The maximum absolute atomic E-state index is 11.3. The number of hydrogen-bond donors (Lipinski definition) is 2. The maximum atomic E-state index is 11.3. The van der Waals surface area contributed by atoms with Crippen LogP contribution < -0.4 is 10.6 Å². The minimum absolute atomic E-state index is 0.179. The molecule has 0 atom stereocenters. The summed E-state index contributed by atoms with van der Waals surface area (Å²) in [6, 6.07) is 9.08. The highest BCUT2D eigenvalue weighted by atomic mass is 79.9. The summed E-state index contributed by atoms with van der Waals surface area (Å²) in [4.78, 5) is 22.4. The van der Waals surface area contributed by atoms with Gasteiger partial charge in [-0.05, 0) is 11.6 Å². The third-order valence-electron chi connectivity index (χ3n) is 1.93. The zero-order valence-electron chi connectivity index (χ0n) is 8.87. The molecule has 1 aromatic rings. The molecule has 2 N–H and O–H groups in total. The van der Waals surface area contributed by atoms with E-state index in [0.29, 0.717) is 0 Å². The second-order valence-corrected chi connectivity index (χ2v) is 3.97. The third-order valence-corrected chi connectivity index (χ3v) is 2.71. The maximum Gasteiger partial charge on any atom is 0.310 e. The van der Waals surface area contributed by atoms with Gasteiger partial charge in [-0.25, -0.2) is 0 Å². The molecule has 5 nitrogen and oxygen atoms in total. The topological polar surface area (TPSA) is 82.0 Å². The normalized spacial score (nSPS) is 9.18. The summed E-state index contributed by atoms with van der Waals surface area (Å²) in [5.41, 5.74) is 0.869. The van der Waals surface area contributed by atoms with E-state index in [9.17, 15) is 9.59 Å². The summed E-state index contributed by atoms with van der Waals surface area (Å²) >= 11 is 3.33. The summed E-state index contributed by atoms with van der Waals surface area (Å²) in [7, 11) is 0. The number of rotatable bonds is 3. The van der Waals surface area contributed by atoms with Gasteiger partial charge in [-0.2, -0.15) is 5.26 Å². The predicted octanol–water partition coefficient (Wildman–Crippen LogP) is 0.705. The molecule has 0 saturated heterocycles. The first-order chi connectivity index (χ1) is 8.15. The van der Waals surface area contributed by atoms with Crippen molar-refractivity contribution in [1.82, 2.24) is 10.6 Å². The summed E-state index contributed by atoms with van der Waals surface area (Å²) in [6.45, 7) is 0.0709. The van der Waals surface area contributed by atoms with E-state index in [-0.39, 0.29) is 13.1 Å². The van der Waals surface area contributed by atoms with Gasteiger partial charge in [0.15, 0.2) is 0 Å². The second kappa shape index (κ2) is 6.66. The predicted molar refractivity (Wildman–Crippen MR) is 64.6 cm³/mol. The molecule has 0 aromatic heterocycles. The van der Waals surface area contributed by atoms with Crippen molar-refractivity contribution < 1.29 is 9.59 Å². The van der Waals surface area contributed by atoms with Crippen LogP contribution in [0, 0.1) is 11.3 Å². The number of amides is 2. The Labute approximate surface area is 107 Å².